The van der Waals surface area contributed by atoms with Crippen LogP contribution in [-0.2, 0) is 0 Å². The summed E-state index contributed by atoms with van der Waals surface area (Å²) in [6.45, 7) is 3.94. The average Bonchev–Trinajstić information content (AvgIpc) is 2.37. The first-order valence-corrected chi connectivity index (χ1v) is 7.15. The fraction of sp³-hybridized carbons (Fsp3) is 0.188. The van der Waals surface area contributed by atoms with E-state index in [1.165, 1.54) is 17.8 Å². The van der Waals surface area contributed by atoms with Crippen molar-refractivity contribution in [2.45, 2.75) is 18.7 Å². The quantitative estimate of drug-likeness (QED) is 0.607. The van der Waals surface area contributed by atoms with Gasteiger partial charge in [0.15, 0.2) is 5.78 Å². The number of halogens is 2. The predicted octanol–water partition coefficient (Wildman–Crippen LogP) is 4.56. The lowest BCUT2D eigenvalue weighted by Crippen LogP contribution is -2.08. The Bertz CT molecular complexity index is 633. The zero-order valence-corrected chi connectivity index (χ0v) is 12.1. The Hall–Kier alpha value is -1.68. The zero-order valence-electron chi connectivity index (χ0n) is 11.2. The minimum atomic E-state index is -0.809. The molecule has 2 aromatic carbocycles. The lowest BCUT2D eigenvalue weighted by atomic mass is 10.1. The molecule has 0 atom stereocenters. The minimum absolute atomic E-state index is 0.0156. The van der Waals surface area contributed by atoms with Gasteiger partial charge in [0.2, 0.25) is 0 Å². The van der Waals surface area contributed by atoms with Gasteiger partial charge in [0, 0.05) is 4.90 Å². The first-order valence-electron chi connectivity index (χ1n) is 6.16. The summed E-state index contributed by atoms with van der Waals surface area (Å²) in [5.74, 6) is -2.14. The van der Waals surface area contributed by atoms with E-state index in [0.717, 1.165) is 28.2 Å². The van der Waals surface area contributed by atoms with Crippen LogP contribution in [0.5, 0.6) is 0 Å². The van der Waals surface area contributed by atoms with Gasteiger partial charge < -0.3 is 0 Å². The Balaban J connectivity index is 2.13. The minimum Gasteiger partial charge on any atom is -0.293 e. The summed E-state index contributed by atoms with van der Waals surface area (Å²) in [7, 11) is 0. The highest BCUT2D eigenvalue weighted by atomic mass is 32.2. The third kappa shape index (κ3) is 3.25. The van der Waals surface area contributed by atoms with E-state index in [-0.39, 0.29) is 5.75 Å². The Morgan fingerprint density at radius 2 is 1.75 bits per heavy atom. The van der Waals surface area contributed by atoms with Gasteiger partial charge in [-0.25, -0.2) is 8.78 Å². The smallest absolute Gasteiger partial charge is 0.178 e. The molecule has 2 aromatic rings. The molecule has 0 fully saturated rings. The molecule has 0 radical (unpaired) electrons. The van der Waals surface area contributed by atoms with Gasteiger partial charge in [-0.1, -0.05) is 23.8 Å². The van der Waals surface area contributed by atoms with Crippen LogP contribution in [0.1, 0.15) is 21.5 Å². The molecule has 20 heavy (non-hydrogen) atoms. The monoisotopic (exact) mass is 292 g/mol. The second-order valence-corrected chi connectivity index (χ2v) is 5.59. The Morgan fingerprint density at radius 3 is 2.35 bits per heavy atom. The van der Waals surface area contributed by atoms with Crippen LogP contribution in [0.4, 0.5) is 8.78 Å². The molecule has 0 amide bonds. The number of carbonyl (C=O) groups is 1. The van der Waals surface area contributed by atoms with Crippen LogP contribution >= 0.6 is 11.8 Å². The summed E-state index contributed by atoms with van der Waals surface area (Å²) in [4.78, 5) is 12.9. The Kier molecular flexibility index (Phi) is 4.55. The summed E-state index contributed by atoms with van der Waals surface area (Å²) in [5.41, 5.74) is 1.74. The van der Waals surface area contributed by atoms with Gasteiger partial charge in [0.1, 0.15) is 11.6 Å². The standard InChI is InChI=1S/C16H14F2OS/c1-10-6-7-15(11(2)8-10)20-9-14(19)16-12(17)4-3-5-13(16)18/h3-8H,9H2,1-2H3. The van der Waals surface area contributed by atoms with Crippen molar-refractivity contribution in [3.63, 3.8) is 0 Å². The third-order valence-electron chi connectivity index (χ3n) is 2.93. The van der Waals surface area contributed by atoms with Crippen LogP contribution in [0.25, 0.3) is 0 Å². The van der Waals surface area contributed by atoms with Crippen LogP contribution in [0.15, 0.2) is 41.3 Å². The zero-order chi connectivity index (χ0) is 14.7. The molecule has 4 heteroatoms. The number of hydrogen-bond acceptors (Lipinski definition) is 2. The second-order valence-electron chi connectivity index (χ2n) is 4.58. The Labute approximate surface area is 121 Å². The second kappa shape index (κ2) is 6.18. The number of rotatable bonds is 4. The van der Waals surface area contributed by atoms with Gasteiger partial charge in [-0.3, -0.25) is 4.79 Å². The number of benzene rings is 2. The van der Waals surface area contributed by atoms with E-state index in [0.29, 0.717) is 0 Å². The van der Waals surface area contributed by atoms with Crippen LogP contribution in [-0.4, -0.2) is 11.5 Å². The van der Waals surface area contributed by atoms with Crippen LogP contribution < -0.4 is 0 Å². The molecule has 0 saturated heterocycles. The van der Waals surface area contributed by atoms with Crippen molar-refractivity contribution >= 4 is 17.5 Å². The molecule has 0 heterocycles. The molecule has 0 unspecified atom stereocenters. The number of thioether (sulfide) groups is 1. The van der Waals surface area contributed by atoms with Gasteiger partial charge in [-0.15, -0.1) is 11.8 Å². The molecule has 0 spiro atoms. The van der Waals surface area contributed by atoms with E-state index in [2.05, 4.69) is 0 Å². The first-order chi connectivity index (χ1) is 9.49. The van der Waals surface area contributed by atoms with Crippen molar-refractivity contribution in [1.29, 1.82) is 0 Å². The van der Waals surface area contributed by atoms with E-state index in [1.807, 2.05) is 32.0 Å². The molecule has 0 saturated carbocycles. The molecular weight excluding hydrogens is 278 g/mol. The molecule has 1 nitrogen and oxygen atoms in total. The number of aryl methyl sites for hydroxylation is 2. The molecule has 0 bridgehead atoms. The molecule has 0 aliphatic carbocycles. The summed E-state index contributed by atoms with van der Waals surface area (Å²) < 4.78 is 27.0. The topological polar surface area (TPSA) is 17.1 Å². The van der Waals surface area contributed by atoms with Gasteiger partial charge in [-0.05, 0) is 37.6 Å². The van der Waals surface area contributed by atoms with E-state index in [1.54, 1.807) is 0 Å². The number of Topliss-reactive ketones (excluding diaryl/α,β-unsaturated/α-hetero) is 1. The molecular formula is C16H14F2OS. The van der Waals surface area contributed by atoms with Gasteiger partial charge in [-0.2, -0.15) is 0 Å². The highest BCUT2D eigenvalue weighted by Crippen LogP contribution is 2.25. The molecule has 0 aromatic heterocycles. The maximum atomic E-state index is 13.5. The van der Waals surface area contributed by atoms with Gasteiger partial charge >= 0.3 is 0 Å². The van der Waals surface area contributed by atoms with E-state index in [9.17, 15) is 13.6 Å². The SMILES string of the molecule is Cc1ccc(SCC(=O)c2c(F)cccc2F)c(C)c1. The van der Waals surface area contributed by atoms with E-state index >= 15 is 0 Å². The van der Waals surface area contributed by atoms with Crippen molar-refractivity contribution in [2.24, 2.45) is 0 Å². The fourth-order valence-electron chi connectivity index (χ4n) is 1.94. The maximum Gasteiger partial charge on any atom is 0.178 e. The van der Waals surface area contributed by atoms with Crippen molar-refractivity contribution in [1.82, 2.24) is 0 Å². The maximum absolute atomic E-state index is 13.5. The van der Waals surface area contributed by atoms with Crippen LogP contribution in [0.2, 0.25) is 0 Å². The highest BCUT2D eigenvalue weighted by molar-refractivity contribution is 8.00. The van der Waals surface area contributed by atoms with Crippen LogP contribution in [0, 0.1) is 25.5 Å². The largest absolute Gasteiger partial charge is 0.293 e. The summed E-state index contributed by atoms with van der Waals surface area (Å²) >= 11 is 1.29. The number of ketones is 1. The van der Waals surface area contributed by atoms with Gasteiger partial charge in [0.25, 0.3) is 0 Å². The molecule has 0 aliphatic heterocycles. The Morgan fingerprint density at radius 1 is 1.10 bits per heavy atom. The molecule has 104 valence electrons. The van der Waals surface area contributed by atoms with Gasteiger partial charge in [0.05, 0.1) is 11.3 Å². The lowest BCUT2D eigenvalue weighted by molar-refractivity contribution is 0.101. The summed E-state index contributed by atoms with van der Waals surface area (Å²) in [5, 5.41) is 0. The van der Waals surface area contributed by atoms with Crippen molar-refractivity contribution in [3.8, 4) is 0 Å². The number of carbonyl (C=O) groups excluding carboxylic acids is 1. The van der Waals surface area contributed by atoms with Crippen molar-refractivity contribution in [2.75, 3.05) is 5.75 Å². The number of hydrogen-bond donors (Lipinski definition) is 0. The normalized spacial score (nSPS) is 10.6. The van der Waals surface area contributed by atoms with Crippen molar-refractivity contribution in [3.05, 3.63) is 64.7 Å². The predicted molar refractivity (Wildman–Crippen MR) is 77.3 cm³/mol. The van der Waals surface area contributed by atoms with E-state index < -0.39 is 23.0 Å². The highest BCUT2D eigenvalue weighted by Gasteiger charge is 2.17. The average molecular weight is 292 g/mol. The first kappa shape index (κ1) is 14.7. The van der Waals surface area contributed by atoms with Crippen LogP contribution in [0.3, 0.4) is 0 Å². The summed E-state index contributed by atoms with van der Waals surface area (Å²) in [6.07, 6.45) is 0. The molecule has 2 rings (SSSR count). The van der Waals surface area contributed by atoms with E-state index in [4.69, 9.17) is 0 Å². The molecule has 0 N–H and O–H groups in total. The molecule has 0 aliphatic rings. The fourth-order valence-corrected chi connectivity index (χ4v) is 2.82. The van der Waals surface area contributed by atoms with Crippen molar-refractivity contribution < 1.29 is 13.6 Å². The third-order valence-corrected chi connectivity index (χ3v) is 4.11. The summed E-state index contributed by atoms with van der Waals surface area (Å²) in [6, 6.07) is 9.31. The lowest BCUT2D eigenvalue weighted by Gasteiger charge is -2.07.